The van der Waals surface area contributed by atoms with Crippen LogP contribution in [0.4, 0.5) is 17.5 Å². The Kier molecular flexibility index (Phi) is 3.81. The van der Waals surface area contributed by atoms with Crippen molar-refractivity contribution in [3.8, 4) is 0 Å². The van der Waals surface area contributed by atoms with Crippen LogP contribution < -0.4 is 10.2 Å². The lowest BCUT2D eigenvalue weighted by atomic mass is 10.1. The maximum Gasteiger partial charge on any atom is 0.229 e. The molecule has 0 aliphatic carbocycles. The van der Waals surface area contributed by atoms with Crippen LogP contribution in [0.1, 0.15) is 24.8 Å². The molecular formula is C16H20N4. The molecule has 1 aromatic heterocycles. The summed E-state index contributed by atoms with van der Waals surface area (Å²) in [6.07, 6.45) is 5.67. The summed E-state index contributed by atoms with van der Waals surface area (Å²) in [5, 5.41) is 3.26. The van der Waals surface area contributed by atoms with E-state index < -0.39 is 0 Å². The second kappa shape index (κ2) is 5.90. The van der Waals surface area contributed by atoms with Crippen molar-refractivity contribution in [1.82, 2.24) is 9.97 Å². The Morgan fingerprint density at radius 3 is 2.50 bits per heavy atom. The highest BCUT2D eigenvalue weighted by molar-refractivity contribution is 5.55. The standard InChI is InChI=1S/C16H20N4/c1-13-5-7-14(8-6-13)18-16-17-10-9-15(19-16)20-11-3-2-4-12-20/h5-10H,2-4,11-12H2,1H3,(H,17,18,19). The molecule has 2 aromatic rings. The van der Waals surface area contributed by atoms with Crippen molar-refractivity contribution in [3.63, 3.8) is 0 Å². The van der Waals surface area contributed by atoms with E-state index >= 15 is 0 Å². The first-order valence-corrected chi connectivity index (χ1v) is 7.23. The van der Waals surface area contributed by atoms with Crippen LogP contribution in [0.25, 0.3) is 0 Å². The Hall–Kier alpha value is -2.10. The molecule has 1 aliphatic heterocycles. The minimum atomic E-state index is 0.664. The van der Waals surface area contributed by atoms with E-state index in [9.17, 15) is 0 Å². The van der Waals surface area contributed by atoms with E-state index in [1.807, 2.05) is 24.4 Å². The number of rotatable bonds is 3. The molecule has 20 heavy (non-hydrogen) atoms. The fourth-order valence-electron chi connectivity index (χ4n) is 2.47. The summed E-state index contributed by atoms with van der Waals surface area (Å²) in [5.41, 5.74) is 2.27. The van der Waals surface area contributed by atoms with Gasteiger partial charge in [-0.1, -0.05) is 17.7 Å². The van der Waals surface area contributed by atoms with Crippen LogP contribution in [0.2, 0.25) is 0 Å². The first-order chi connectivity index (χ1) is 9.81. The van der Waals surface area contributed by atoms with E-state index in [2.05, 4.69) is 39.2 Å². The number of aryl methyl sites for hydroxylation is 1. The summed E-state index contributed by atoms with van der Waals surface area (Å²) in [6.45, 7) is 4.28. The second-order valence-corrected chi connectivity index (χ2v) is 5.28. The molecule has 3 rings (SSSR count). The molecule has 1 aromatic carbocycles. The second-order valence-electron chi connectivity index (χ2n) is 5.28. The van der Waals surface area contributed by atoms with E-state index in [-0.39, 0.29) is 0 Å². The Labute approximate surface area is 119 Å². The fraction of sp³-hybridized carbons (Fsp3) is 0.375. The maximum absolute atomic E-state index is 4.62. The number of nitrogens with zero attached hydrogens (tertiary/aromatic N) is 3. The summed E-state index contributed by atoms with van der Waals surface area (Å²) in [7, 11) is 0. The van der Waals surface area contributed by atoms with E-state index in [0.717, 1.165) is 24.6 Å². The highest BCUT2D eigenvalue weighted by atomic mass is 15.2. The quantitative estimate of drug-likeness (QED) is 0.924. The van der Waals surface area contributed by atoms with Crippen LogP contribution in [-0.2, 0) is 0 Å². The third-order valence-electron chi connectivity index (χ3n) is 3.63. The smallest absolute Gasteiger partial charge is 0.229 e. The molecule has 104 valence electrons. The van der Waals surface area contributed by atoms with Crippen LogP contribution in [0.5, 0.6) is 0 Å². The monoisotopic (exact) mass is 268 g/mol. The normalized spacial score (nSPS) is 15.2. The maximum atomic E-state index is 4.62. The summed E-state index contributed by atoms with van der Waals surface area (Å²) >= 11 is 0. The van der Waals surface area contributed by atoms with Crippen LogP contribution in [0.15, 0.2) is 36.5 Å². The van der Waals surface area contributed by atoms with Crippen LogP contribution in [-0.4, -0.2) is 23.1 Å². The molecule has 1 saturated heterocycles. The lowest BCUT2D eigenvalue weighted by Gasteiger charge is -2.27. The molecule has 2 heterocycles. The molecule has 0 spiro atoms. The van der Waals surface area contributed by atoms with Gasteiger partial charge in [0.15, 0.2) is 0 Å². The summed E-state index contributed by atoms with van der Waals surface area (Å²) in [6, 6.07) is 10.2. The predicted molar refractivity (Wildman–Crippen MR) is 82.6 cm³/mol. The van der Waals surface area contributed by atoms with Crippen molar-refractivity contribution in [2.24, 2.45) is 0 Å². The highest BCUT2D eigenvalue weighted by Crippen LogP contribution is 2.20. The summed E-state index contributed by atoms with van der Waals surface area (Å²) < 4.78 is 0. The first-order valence-electron chi connectivity index (χ1n) is 7.23. The molecule has 0 amide bonds. The van der Waals surface area contributed by atoms with Gasteiger partial charge in [-0.3, -0.25) is 0 Å². The van der Waals surface area contributed by atoms with Crippen molar-refractivity contribution < 1.29 is 0 Å². The van der Waals surface area contributed by atoms with Gasteiger partial charge in [0, 0.05) is 25.0 Å². The fourth-order valence-corrected chi connectivity index (χ4v) is 2.47. The topological polar surface area (TPSA) is 41.1 Å². The third kappa shape index (κ3) is 3.07. The van der Waals surface area contributed by atoms with Crippen molar-refractivity contribution in [2.75, 3.05) is 23.3 Å². The molecule has 1 aliphatic rings. The molecule has 0 bridgehead atoms. The molecule has 0 saturated carbocycles. The number of nitrogens with one attached hydrogen (secondary N) is 1. The van der Waals surface area contributed by atoms with Gasteiger partial charge >= 0.3 is 0 Å². The SMILES string of the molecule is Cc1ccc(Nc2nccc(N3CCCCC3)n2)cc1. The van der Waals surface area contributed by atoms with E-state index in [1.54, 1.807) is 0 Å². The molecule has 4 nitrogen and oxygen atoms in total. The summed E-state index contributed by atoms with van der Waals surface area (Å²) in [5.74, 6) is 1.69. The van der Waals surface area contributed by atoms with Gasteiger partial charge in [0.1, 0.15) is 5.82 Å². The molecule has 1 N–H and O–H groups in total. The van der Waals surface area contributed by atoms with Crippen molar-refractivity contribution in [1.29, 1.82) is 0 Å². The zero-order valence-electron chi connectivity index (χ0n) is 11.8. The Balaban J connectivity index is 1.75. The van der Waals surface area contributed by atoms with Crippen LogP contribution in [0, 0.1) is 6.92 Å². The Morgan fingerprint density at radius 1 is 1.00 bits per heavy atom. The van der Waals surface area contributed by atoms with Gasteiger partial charge in [-0.25, -0.2) is 4.98 Å². The lowest BCUT2D eigenvalue weighted by molar-refractivity contribution is 0.573. The van der Waals surface area contributed by atoms with Gasteiger partial charge in [0.25, 0.3) is 0 Å². The van der Waals surface area contributed by atoms with Gasteiger partial charge in [-0.2, -0.15) is 4.98 Å². The largest absolute Gasteiger partial charge is 0.356 e. The zero-order valence-corrected chi connectivity index (χ0v) is 11.8. The van der Waals surface area contributed by atoms with E-state index in [0.29, 0.717) is 5.95 Å². The van der Waals surface area contributed by atoms with E-state index in [4.69, 9.17) is 0 Å². The lowest BCUT2D eigenvalue weighted by Crippen LogP contribution is -2.30. The van der Waals surface area contributed by atoms with E-state index in [1.165, 1.54) is 24.8 Å². The van der Waals surface area contributed by atoms with Gasteiger partial charge in [0.2, 0.25) is 5.95 Å². The number of hydrogen-bond donors (Lipinski definition) is 1. The molecule has 0 radical (unpaired) electrons. The number of hydrogen-bond acceptors (Lipinski definition) is 4. The number of piperidine rings is 1. The average Bonchev–Trinajstić information content (AvgIpc) is 2.51. The Bertz CT molecular complexity index is 559. The molecule has 1 fully saturated rings. The van der Waals surface area contributed by atoms with Gasteiger partial charge in [-0.05, 0) is 44.4 Å². The van der Waals surface area contributed by atoms with Crippen LogP contribution in [0.3, 0.4) is 0 Å². The predicted octanol–water partition coefficient (Wildman–Crippen LogP) is 3.52. The molecule has 0 unspecified atom stereocenters. The number of aromatic nitrogens is 2. The summed E-state index contributed by atoms with van der Waals surface area (Å²) in [4.78, 5) is 11.3. The molecular weight excluding hydrogens is 248 g/mol. The number of benzene rings is 1. The average molecular weight is 268 g/mol. The molecule has 4 heteroatoms. The minimum absolute atomic E-state index is 0.664. The Morgan fingerprint density at radius 2 is 1.75 bits per heavy atom. The van der Waals surface area contributed by atoms with Crippen molar-refractivity contribution in [2.45, 2.75) is 26.2 Å². The van der Waals surface area contributed by atoms with Gasteiger partial charge in [0.05, 0.1) is 0 Å². The highest BCUT2D eigenvalue weighted by Gasteiger charge is 2.12. The third-order valence-corrected chi connectivity index (χ3v) is 3.63. The van der Waals surface area contributed by atoms with Crippen molar-refractivity contribution >= 4 is 17.5 Å². The zero-order chi connectivity index (χ0) is 13.8. The van der Waals surface area contributed by atoms with Gasteiger partial charge in [-0.15, -0.1) is 0 Å². The van der Waals surface area contributed by atoms with Crippen molar-refractivity contribution in [3.05, 3.63) is 42.1 Å². The van der Waals surface area contributed by atoms with Crippen LogP contribution >= 0.6 is 0 Å². The molecule has 0 atom stereocenters. The van der Waals surface area contributed by atoms with Gasteiger partial charge < -0.3 is 10.2 Å². The number of anilines is 3. The first kappa shape index (κ1) is 12.9. The minimum Gasteiger partial charge on any atom is -0.356 e.